The molecule has 0 bridgehead atoms. The van der Waals surface area contributed by atoms with E-state index in [4.69, 9.17) is 16.6 Å². The predicted molar refractivity (Wildman–Crippen MR) is 111 cm³/mol. The Morgan fingerprint density at radius 2 is 1.86 bits per heavy atom. The Kier molecular flexibility index (Phi) is 5.07. The van der Waals surface area contributed by atoms with Crippen molar-refractivity contribution < 1.29 is 9.21 Å². The number of amides is 1. The predicted octanol–water partition coefficient (Wildman–Crippen LogP) is 3.94. The van der Waals surface area contributed by atoms with Gasteiger partial charge in [0.25, 0.3) is 5.91 Å². The number of anilines is 1. The summed E-state index contributed by atoms with van der Waals surface area (Å²) < 4.78 is 5.75. The summed E-state index contributed by atoms with van der Waals surface area (Å²) in [6, 6.07) is 18.8. The Bertz CT molecular complexity index is 1090. The Morgan fingerprint density at radius 3 is 2.61 bits per heavy atom. The van der Waals surface area contributed by atoms with E-state index < -0.39 is 0 Å². The first kappa shape index (κ1) is 17.8. The van der Waals surface area contributed by atoms with Crippen molar-refractivity contribution in [3.63, 3.8) is 0 Å². The second-order valence-electron chi connectivity index (χ2n) is 6.10. The molecule has 138 valence electrons. The van der Waals surface area contributed by atoms with E-state index in [1.54, 1.807) is 18.3 Å². The number of pyridine rings is 1. The van der Waals surface area contributed by atoms with Crippen LogP contribution < -0.4 is 10.6 Å². The van der Waals surface area contributed by atoms with Gasteiger partial charge in [0.1, 0.15) is 5.52 Å². The standard InChI is InChI=1S/C21H16N4O2S/c26-20(15-4-3-11-22-13-15)25-21(28)23-16-9-7-14(8-10-16)12-19-24-17-5-1-2-6-18(17)27-19/h1-11,13H,12H2,(H2,23,25,26,28). The van der Waals surface area contributed by atoms with Crippen LogP contribution in [0, 0.1) is 0 Å². The Hall–Kier alpha value is -3.58. The fraction of sp³-hybridized carbons (Fsp3) is 0.0476. The molecule has 4 rings (SSSR count). The Balaban J connectivity index is 1.36. The van der Waals surface area contributed by atoms with Crippen LogP contribution in [0.1, 0.15) is 21.8 Å². The number of carbonyl (C=O) groups is 1. The minimum absolute atomic E-state index is 0.223. The zero-order chi connectivity index (χ0) is 19.3. The summed E-state index contributed by atoms with van der Waals surface area (Å²) in [7, 11) is 0. The summed E-state index contributed by atoms with van der Waals surface area (Å²) in [5, 5.41) is 5.85. The number of fused-ring (bicyclic) bond motifs is 1. The lowest BCUT2D eigenvalue weighted by molar-refractivity contribution is 0.0977. The molecule has 6 nitrogen and oxygen atoms in total. The van der Waals surface area contributed by atoms with Crippen molar-refractivity contribution in [2.45, 2.75) is 6.42 Å². The van der Waals surface area contributed by atoms with Gasteiger partial charge in [0.2, 0.25) is 0 Å². The molecule has 0 aliphatic heterocycles. The number of aromatic nitrogens is 2. The van der Waals surface area contributed by atoms with Crippen molar-refractivity contribution in [3.05, 3.63) is 90.1 Å². The van der Waals surface area contributed by atoms with E-state index in [9.17, 15) is 4.79 Å². The minimum Gasteiger partial charge on any atom is -0.440 e. The fourth-order valence-electron chi connectivity index (χ4n) is 2.71. The summed E-state index contributed by atoms with van der Waals surface area (Å²) in [5.41, 5.74) is 3.91. The lowest BCUT2D eigenvalue weighted by Crippen LogP contribution is -2.34. The van der Waals surface area contributed by atoms with Gasteiger partial charge in [0.05, 0.1) is 5.56 Å². The average molecular weight is 388 g/mol. The van der Waals surface area contributed by atoms with Gasteiger partial charge in [-0.2, -0.15) is 0 Å². The van der Waals surface area contributed by atoms with Gasteiger partial charge in [0.15, 0.2) is 16.6 Å². The molecule has 0 saturated carbocycles. The Morgan fingerprint density at radius 1 is 1.04 bits per heavy atom. The van der Waals surface area contributed by atoms with Crippen LogP contribution in [0.2, 0.25) is 0 Å². The fourth-order valence-corrected chi connectivity index (χ4v) is 2.92. The van der Waals surface area contributed by atoms with E-state index in [0.717, 1.165) is 22.4 Å². The van der Waals surface area contributed by atoms with Gasteiger partial charge in [0, 0.05) is 24.5 Å². The number of hydrogen-bond donors (Lipinski definition) is 2. The first-order valence-electron chi connectivity index (χ1n) is 8.63. The van der Waals surface area contributed by atoms with Crippen LogP contribution in [0.3, 0.4) is 0 Å². The highest BCUT2D eigenvalue weighted by Crippen LogP contribution is 2.18. The zero-order valence-electron chi connectivity index (χ0n) is 14.8. The Labute approximate surface area is 166 Å². The number of para-hydroxylation sites is 2. The summed E-state index contributed by atoms with van der Waals surface area (Å²) in [5.74, 6) is 0.361. The van der Waals surface area contributed by atoms with E-state index in [1.165, 1.54) is 6.20 Å². The molecular weight excluding hydrogens is 372 g/mol. The van der Waals surface area contributed by atoms with Gasteiger partial charge in [-0.05, 0) is 54.2 Å². The summed E-state index contributed by atoms with van der Waals surface area (Å²) in [6.07, 6.45) is 3.69. The van der Waals surface area contributed by atoms with E-state index >= 15 is 0 Å². The quantitative estimate of drug-likeness (QED) is 0.516. The van der Waals surface area contributed by atoms with Crippen LogP contribution in [0.5, 0.6) is 0 Å². The van der Waals surface area contributed by atoms with E-state index in [-0.39, 0.29) is 11.0 Å². The molecule has 7 heteroatoms. The molecule has 2 aromatic heterocycles. The van der Waals surface area contributed by atoms with Crippen LogP contribution in [-0.4, -0.2) is 21.0 Å². The number of carbonyl (C=O) groups excluding carboxylic acids is 1. The first-order chi connectivity index (χ1) is 13.7. The molecule has 0 aliphatic rings. The SMILES string of the molecule is O=C(NC(=S)Nc1ccc(Cc2nc3ccccc3o2)cc1)c1cccnc1. The second-order valence-corrected chi connectivity index (χ2v) is 6.51. The third-order valence-corrected chi connectivity index (χ3v) is 4.26. The minimum atomic E-state index is -0.307. The number of benzene rings is 2. The maximum atomic E-state index is 12.1. The van der Waals surface area contributed by atoms with Crippen LogP contribution in [-0.2, 0) is 6.42 Å². The van der Waals surface area contributed by atoms with Gasteiger partial charge in [-0.1, -0.05) is 24.3 Å². The topological polar surface area (TPSA) is 80.0 Å². The van der Waals surface area contributed by atoms with E-state index in [1.807, 2.05) is 48.5 Å². The molecule has 2 heterocycles. The van der Waals surface area contributed by atoms with Crippen LogP contribution >= 0.6 is 12.2 Å². The van der Waals surface area contributed by atoms with Crippen molar-refractivity contribution in [2.24, 2.45) is 0 Å². The lowest BCUT2D eigenvalue weighted by atomic mass is 10.1. The van der Waals surface area contributed by atoms with Crippen molar-refractivity contribution in [2.75, 3.05) is 5.32 Å². The largest absolute Gasteiger partial charge is 0.440 e. The molecule has 0 atom stereocenters. The van der Waals surface area contributed by atoms with Gasteiger partial charge in [-0.3, -0.25) is 15.1 Å². The number of rotatable bonds is 4. The molecular formula is C21H16N4O2S. The highest BCUT2D eigenvalue weighted by atomic mass is 32.1. The first-order valence-corrected chi connectivity index (χ1v) is 9.04. The smallest absolute Gasteiger partial charge is 0.258 e. The molecule has 28 heavy (non-hydrogen) atoms. The molecule has 0 spiro atoms. The molecule has 0 aliphatic carbocycles. The molecule has 2 N–H and O–H groups in total. The van der Waals surface area contributed by atoms with Crippen molar-refractivity contribution in [1.29, 1.82) is 0 Å². The highest BCUT2D eigenvalue weighted by molar-refractivity contribution is 7.80. The van der Waals surface area contributed by atoms with Crippen molar-refractivity contribution in [3.8, 4) is 0 Å². The van der Waals surface area contributed by atoms with Gasteiger partial charge in [-0.25, -0.2) is 4.98 Å². The summed E-state index contributed by atoms with van der Waals surface area (Å²) in [4.78, 5) is 20.5. The van der Waals surface area contributed by atoms with Crippen LogP contribution in [0.4, 0.5) is 5.69 Å². The number of hydrogen-bond acceptors (Lipinski definition) is 5. The van der Waals surface area contributed by atoms with Crippen LogP contribution in [0.15, 0.2) is 77.5 Å². The van der Waals surface area contributed by atoms with E-state index in [2.05, 4.69) is 20.6 Å². The summed E-state index contributed by atoms with van der Waals surface area (Å²) >= 11 is 5.20. The molecule has 2 aromatic carbocycles. The van der Waals surface area contributed by atoms with Crippen molar-refractivity contribution >= 4 is 40.0 Å². The zero-order valence-corrected chi connectivity index (χ0v) is 15.6. The molecule has 0 saturated heterocycles. The van der Waals surface area contributed by atoms with Crippen LogP contribution in [0.25, 0.3) is 11.1 Å². The number of thiocarbonyl (C=S) groups is 1. The monoisotopic (exact) mass is 388 g/mol. The number of nitrogens with zero attached hydrogens (tertiary/aromatic N) is 2. The van der Waals surface area contributed by atoms with E-state index in [0.29, 0.717) is 17.9 Å². The van der Waals surface area contributed by atoms with Gasteiger partial charge < -0.3 is 9.73 Å². The summed E-state index contributed by atoms with van der Waals surface area (Å²) in [6.45, 7) is 0. The second kappa shape index (κ2) is 7.98. The number of oxazole rings is 1. The maximum Gasteiger partial charge on any atom is 0.258 e. The van der Waals surface area contributed by atoms with Gasteiger partial charge >= 0.3 is 0 Å². The third kappa shape index (κ3) is 4.21. The van der Waals surface area contributed by atoms with Gasteiger partial charge in [-0.15, -0.1) is 0 Å². The molecule has 1 amide bonds. The highest BCUT2D eigenvalue weighted by Gasteiger charge is 2.09. The normalized spacial score (nSPS) is 10.6. The average Bonchev–Trinajstić information content (AvgIpc) is 3.12. The maximum absolute atomic E-state index is 12.1. The van der Waals surface area contributed by atoms with Crippen molar-refractivity contribution in [1.82, 2.24) is 15.3 Å². The molecule has 0 radical (unpaired) electrons. The lowest BCUT2D eigenvalue weighted by Gasteiger charge is -2.10. The molecule has 0 unspecified atom stereocenters. The third-order valence-electron chi connectivity index (χ3n) is 4.06. The number of nitrogens with one attached hydrogen (secondary N) is 2. The molecule has 4 aromatic rings. The molecule has 0 fully saturated rings.